The first kappa shape index (κ1) is 17.5. The third-order valence-corrected chi connectivity index (χ3v) is 3.04. The molecule has 0 spiro atoms. The summed E-state index contributed by atoms with van der Waals surface area (Å²) in [7, 11) is 0. The Morgan fingerprint density at radius 3 is 2.14 bits per heavy atom. The fourth-order valence-electron chi connectivity index (χ4n) is 1.90. The van der Waals surface area contributed by atoms with Crippen LogP contribution in [0.5, 0.6) is 0 Å². The molecule has 0 aromatic carbocycles. The van der Waals surface area contributed by atoms with Crippen molar-refractivity contribution in [3.05, 3.63) is 11.4 Å². The highest BCUT2D eigenvalue weighted by atomic mass is 19.4. The van der Waals surface area contributed by atoms with Crippen LogP contribution < -0.4 is 16.2 Å². The summed E-state index contributed by atoms with van der Waals surface area (Å²) in [5, 5.41) is 0. The van der Waals surface area contributed by atoms with Crippen molar-refractivity contribution >= 4 is 11.6 Å². The van der Waals surface area contributed by atoms with E-state index >= 15 is 0 Å². The fourth-order valence-corrected chi connectivity index (χ4v) is 1.90. The third kappa shape index (κ3) is 4.45. The van der Waals surface area contributed by atoms with Crippen LogP contribution in [-0.2, 0) is 0 Å². The fraction of sp³-hybridized carbons (Fsp3) is 0.692. The van der Waals surface area contributed by atoms with Crippen molar-refractivity contribution in [1.82, 2.24) is 9.97 Å². The van der Waals surface area contributed by atoms with E-state index in [1.54, 1.807) is 20.8 Å². The first-order valence-corrected chi connectivity index (χ1v) is 6.75. The zero-order chi connectivity index (χ0) is 16.4. The van der Waals surface area contributed by atoms with Gasteiger partial charge >= 0.3 is 6.18 Å². The Morgan fingerprint density at radius 2 is 1.76 bits per heavy atom. The normalized spacial score (nSPS) is 12.1. The molecule has 1 rings (SSSR count). The SMILES string of the molecule is Cc1c(NN)nc(C(C)C)nc1N(CC(F)(F)F)C(C)C. The van der Waals surface area contributed by atoms with Crippen LogP contribution in [0.3, 0.4) is 0 Å². The number of nitrogen functional groups attached to an aromatic ring is 1. The molecule has 1 aromatic rings. The monoisotopic (exact) mass is 305 g/mol. The van der Waals surface area contributed by atoms with Gasteiger partial charge in [-0.1, -0.05) is 13.8 Å². The molecule has 0 unspecified atom stereocenters. The van der Waals surface area contributed by atoms with Gasteiger partial charge in [-0.2, -0.15) is 13.2 Å². The maximum atomic E-state index is 12.8. The van der Waals surface area contributed by atoms with Gasteiger partial charge in [0.15, 0.2) is 0 Å². The summed E-state index contributed by atoms with van der Waals surface area (Å²) in [5.74, 6) is 6.45. The highest BCUT2D eigenvalue weighted by molar-refractivity contribution is 5.58. The van der Waals surface area contributed by atoms with Crippen LogP contribution in [0.25, 0.3) is 0 Å². The molecule has 1 heterocycles. The van der Waals surface area contributed by atoms with Gasteiger partial charge in [-0.25, -0.2) is 15.8 Å². The quantitative estimate of drug-likeness (QED) is 0.646. The minimum atomic E-state index is -4.31. The standard InChI is InChI=1S/C13H22F3N5/c1-7(2)10-18-11(20-17)9(5)12(19-10)21(8(3)4)6-13(14,15)16/h7-8H,6,17H2,1-5H3,(H,18,19,20). The second-order valence-corrected chi connectivity index (χ2v) is 5.51. The van der Waals surface area contributed by atoms with E-state index in [0.717, 1.165) is 0 Å². The second-order valence-electron chi connectivity index (χ2n) is 5.51. The number of alkyl halides is 3. The summed E-state index contributed by atoms with van der Waals surface area (Å²) in [6.45, 7) is 7.72. The molecule has 0 aliphatic carbocycles. The van der Waals surface area contributed by atoms with E-state index in [4.69, 9.17) is 5.84 Å². The number of anilines is 2. The molecule has 5 nitrogen and oxygen atoms in total. The Kier molecular flexibility index (Phi) is 5.38. The van der Waals surface area contributed by atoms with Crippen LogP contribution in [0.4, 0.5) is 24.8 Å². The van der Waals surface area contributed by atoms with Crippen LogP contribution in [-0.4, -0.2) is 28.7 Å². The van der Waals surface area contributed by atoms with Gasteiger partial charge in [-0.05, 0) is 20.8 Å². The largest absolute Gasteiger partial charge is 0.405 e. The van der Waals surface area contributed by atoms with Crippen LogP contribution in [0.15, 0.2) is 0 Å². The molecule has 0 fully saturated rings. The zero-order valence-corrected chi connectivity index (χ0v) is 12.9. The lowest BCUT2D eigenvalue weighted by atomic mass is 10.2. The molecular weight excluding hydrogens is 283 g/mol. The van der Waals surface area contributed by atoms with Gasteiger partial charge in [0.25, 0.3) is 0 Å². The first-order valence-electron chi connectivity index (χ1n) is 6.75. The van der Waals surface area contributed by atoms with Crippen LogP contribution in [0.1, 0.15) is 45.0 Å². The highest BCUT2D eigenvalue weighted by Crippen LogP contribution is 2.29. The molecule has 0 radical (unpaired) electrons. The van der Waals surface area contributed by atoms with Crippen molar-refractivity contribution in [1.29, 1.82) is 0 Å². The minimum absolute atomic E-state index is 0.0173. The molecule has 0 atom stereocenters. The molecule has 21 heavy (non-hydrogen) atoms. The van der Waals surface area contributed by atoms with Crippen molar-refractivity contribution in [2.45, 2.75) is 52.8 Å². The van der Waals surface area contributed by atoms with Gasteiger partial charge in [0.05, 0.1) is 0 Å². The van der Waals surface area contributed by atoms with E-state index in [1.165, 1.54) is 4.90 Å². The number of hydrazine groups is 1. The average molecular weight is 305 g/mol. The van der Waals surface area contributed by atoms with Crippen molar-refractivity contribution < 1.29 is 13.2 Å². The topological polar surface area (TPSA) is 67.1 Å². The smallest absolute Gasteiger partial charge is 0.345 e. The van der Waals surface area contributed by atoms with Gasteiger partial charge in [-0.15, -0.1) is 0 Å². The minimum Gasteiger partial charge on any atom is -0.345 e. The highest BCUT2D eigenvalue weighted by Gasteiger charge is 2.33. The molecular formula is C13H22F3N5. The van der Waals surface area contributed by atoms with Crippen LogP contribution in [0, 0.1) is 6.92 Å². The van der Waals surface area contributed by atoms with Crippen molar-refractivity contribution in [3.8, 4) is 0 Å². The van der Waals surface area contributed by atoms with Crippen molar-refractivity contribution in [2.24, 2.45) is 5.84 Å². The van der Waals surface area contributed by atoms with Gasteiger partial charge in [-0.3, -0.25) is 0 Å². The van der Waals surface area contributed by atoms with Gasteiger partial charge in [0.1, 0.15) is 24.0 Å². The number of aromatic nitrogens is 2. The van der Waals surface area contributed by atoms with Gasteiger partial charge < -0.3 is 10.3 Å². The zero-order valence-electron chi connectivity index (χ0n) is 12.9. The molecule has 0 aliphatic heterocycles. The molecule has 0 amide bonds. The molecule has 120 valence electrons. The van der Waals surface area contributed by atoms with Gasteiger partial charge in [0, 0.05) is 17.5 Å². The molecule has 0 aliphatic rings. The maximum absolute atomic E-state index is 12.8. The number of halogens is 3. The van der Waals surface area contributed by atoms with E-state index in [1.807, 2.05) is 13.8 Å². The summed E-state index contributed by atoms with van der Waals surface area (Å²) in [4.78, 5) is 9.75. The molecule has 1 aromatic heterocycles. The number of nitrogens with two attached hydrogens (primary N) is 1. The lowest BCUT2D eigenvalue weighted by Gasteiger charge is -2.31. The summed E-state index contributed by atoms with van der Waals surface area (Å²) in [5.41, 5.74) is 2.93. The molecule has 0 saturated carbocycles. The maximum Gasteiger partial charge on any atom is 0.405 e. The summed E-state index contributed by atoms with van der Waals surface area (Å²) >= 11 is 0. The number of nitrogens with zero attached hydrogens (tertiary/aromatic N) is 3. The van der Waals surface area contributed by atoms with E-state index < -0.39 is 12.7 Å². The Balaban J connectivity index is 3.39. The number of rotatable bonds is 5. The molecule has 3 N–H and O–H groups in total. The second kappa shape index (κ2) is 6.46. The van der Waals surface area contributed by atoms with Crippen molar-refractivity contribution in [2.75, 3.05) is 16.9 Å². The van der Waals surface area contributed by atoms with Crippen molar-refractivity contribution in [3.63, 3.8) is 0 Å². The summed E-state index contributed by atoms with van der Waals surface area (Å²) in [6.07, 6.45) is -4.31. The van der Waals surface area contributed by atoms with E-state index in [-0.39, 0.29) is 17.8 Å². The van der Waals surface area contributed by atoms with Crippen LogP contribution in [0.2, 0.25) is 0 Å². The predicted octanol–water partition coefficient (Wildman–Crippen LogP) is 2.97. The molecule has 8 heteroatoms. The summed E-state index contributed by atoms with van der Waals surface area (Å²) in [6, 6.07) is -0.356. The van der Waals surface area contributed by atoms with Crippen LogP contribution >= 0.6 is 0 Å². The first-order chi connectivity index (χ1) is 9.56. The number of nitrogens with one attached hydrogen (secondary N) is 1. The van der Waals surface area contributed by atoms with E-state index in [2.05, 4.69) is 15.4 Å². The lowest BCUT2D eigenvalue weighted by molar-refractivity contribution is -0.120. The Hall–Kier alpha value is -1.57. The van der Waals surface area contributed by atoms with Gasteiger partial charge in [0.2, 0.25) is 0 Å². The Labute approximate surface area is 122 Å². The Bertz CT molecular complexity index is 485. The summed E-state index contributed by atoms with van der Waals surface area (Å²) < 4.78 is 38.4. The number of hydrogen-bond acceptors (Lipinski definition) is 5. The van der Waals surface area contributed by atoms with E-state index in [0.29, 0.717) is 17.2 Å². The predicted molar refractivity (Wildman–Crippen MR) is 77.2 cm³/mol. The third-order valence-electron chi connectivity index (χ3n) is 3.04. The Morgan fingerprint density at radius 1 is 1.19 bits per heavy atom. The number of hydrogen-bond donors (Lipinski definition) is 2. The average Bonchev–Trinajstić information content (AvgIpc) is 2.35. The van der Waals surface area contributed by atoms with E-state index in [9.17, 15) is 13.2 Å². The molecule has 0 saturated heterocycles. The lowest BCUT2D eigenvalue weighted by Crippen LogP contribution is -2.40. The molecule has 0 bridgehead atoms.